The fourth-order valence-corrected chi connectivity index (χ4v) is 20.3. The molecule has 5 atom stereocenters. The van der Waals surface area contributed by atoms with Crippen LogP contribution in [-0.4, -0.2) is 92.8 Å². The van der Waals surface area contributed by atoms with Crippen molar-refractivity contribution in [3.05, 3.63) is 198 Å². The standard InChI is InChI=1S/C20H20OP.C7H8BrNOS.C7H10BrNS.C7H12N2O2S2.C6H8BrNOS.C6H6BrNOS.C5H6BrNOS.C5H4BrNOS.ClH/c1-21-17-22(18-11-5-2-6-12-18,19-13-7-3-8-14-19)20-15-9-4-10-16-20;1-5(4-10-2)6-3-9-7(8)11-6;1-3-5(2)6-4-9-7(8)10-6;1-3-5(2)6-4-9-7(12-6)13(8,10)11;2*1-4(3-9)5-2-8-6(7)10-5;2*1-3(8)4-2-7-5(6)9-4;/h2-16H,17H2,1H3;3-4H,1-2H3;4-5H,3H2,1-2H3;4-5H,3H2,1-2H3,(H2,8,10,11);2,4,9H,3H2,1H3;2-4H,1H3;2-3,8H,1H3;2H,1H3;1H/q+1;;;;;;;;/p-1/b;5-4+;;;;;;;. The van der Waals surface area contributed by atoms with E-state index in [2.05, 4.69) is 235 Å². The van der Waals surface area contributed by atoms with Crippen LogP contribution in [0.3, 0.4) is 0 Å². The maximum absolute atomic E-state index is 10.9. The van der Waals surface area contributed by atoms with Crippen LogP contribution >= 0.6 is 182 Å². The molecule has 0 saturated carbocycles. The van der Waals surface area contributed by atoms with Crippen molar-refractivity contribution in [3.63, 3.8) is 0 Å². The number of aliphatic hydroxyl groups is 2. The first-order valence-corrected chi connectivity index (χ1v) is 42.3. The predicted molar refractivity (Wildman–Crippen MR) is 418 cm³/mol. The highest BCUT2D eigenvalue weighted by Gasteiger charge is 2.45. The number of halogens is 7. The third-order valence-electron chi connectivity index (χ3n) is 12.6. The summed E-state index contributed by atoms with van der Waals surface area (Å²) in [6, 6.07) is 32.3. The van der Waals surface area contributed by atoms with E-state index in [4.69, 9.17) is 24.8 Å². The Morgan fingerprint density at radius 1 is 0.547 bits per heavy atom. The Balaban J connectivity index is 0.000000378. The van der Waals surface area contributed by atoms with Crippen molar-refractivity contribution in [3.8, 4) is 0 Å². The Morgan fingerprint density at radius 2 is 0.895 bits per heavy atom. The SMILES string of the molecule is CC(=O)c1cnc(Br)s1.CC(C=O)c1cnc(Br)s1.CC(CO)c1cnc(Br)s1.CC(O)c1cnc(Br)s1.CCC(C)c1cnc(Br)s1.CCC(C)c1cnc(S(N)(=O)=O)s1.CO/C=C(\C)c1cnc(Br)s1.COC[P+](c1ccccc1)(c1ccccc1)c1ccccc1.[Cl-]. The third kappa shape index (κ3) is 31.8. The molecule has 0 aliphatic rings. The van der Waals surface area contributed by atoms with Crippen molar-refractivity contribution in [1.29, 1.82) is 0 Å². The number of nitrogens with zero attached hydrogens (tertiary/aromatic N) is 7. The molecule has 0 bridgehead atoms. The van der Waals surface area contributed by atoms with Gasteiger partial charge in [-0.2, -0.15) is 0 Å². The number of aldehydes is 1. The van der Waals surface area contributed by atoms with E-state index in [1.807, 2.05) is 47.0 Å². The first-order chi connectivity index (χ1) is 44.7. The molecule has 32 heteroatoms. The Labute approximate surface area is 643 Å². The van der Waals surface area contributed by atoms with Gasteiger partial charge >= 0.3 is 0 Å². The minimum atomic E-state index is -3.62. The number of aliphatic hydroxyl groups excluding tert-OH is 2. The van der Waals surface area contributed by atoms with E-state index >= 15 is 0 Å². The Hall–Kier alpha value is -2.66. The van der Waals surface area contributed by atoms with Crippen LogP contribution in [0.5, 0.6) is 0 Å². The topological polar surface area (TPSA) is 243 Å². The van der Waals surface area contributed by atoms with Gasteiger partial charge in [-0.25, -0.2) is 48.4 Å². The number of hydrogen-bond acceptors (Lipinski definition) is 22. The molecule has 10 aromatic rings. The molecule has 95 heavy (non-hydrogen) atoms. The van der Waals surface area contributed by atoms with Gasteiger partial charge in [0, 0.05) is 88.1 Å². The lowest BCUT2D eigenvalue weighted by Crippen LogP contribution is -3.00. The second-order valence-corrected chi connectivity index (χ2v) is 39.9. The number of hydrogen-bond donors (Lipinski definition) is 3. The Bertz CT molecular complexity index is 3760. The van der Waals surface area contributed by atoms with Gasteiger partial charge in [0.05, 0.1) is 46.9 Å². The van der Waals surface area contributed by atoms with Crippen molar-refractivity contribution in [1.82, 2.24) is 34.9 Å². The molecular formula is C63H74Br6ClN8O8PS8. The number of ketones is 1. The molecule has 10 rings (SSSR count). The van der Waals surface area contributed by atoms with Crippen LogP contribution in [0.25, 0.3) is 5.57 Å². The summed E-state index contributed by atoms with van der Waals surface area (Å²) in [7, 11) is -1.96. The van der Waals surface area contributed by atoms with Crippen LogP contribution in [0.2, 0.25) is 0 Å². The molecule has 7 aromatic heterocycles. The number of methoxy groups -OCH3 is 2. The van der Waals surface area contributed by atoms with Crippen LogP contribution in [0.4, 0.5) is 0 Å². The molecule has 0 radical (unpaired) electrons. The summed E-state index contributed by atoms with van der Waals surface area (Å²) >= 11 is 29.8. The van der Waals surface area contributed by atoms with Gasteiger partial charge in [-0.3, -0.25) is 4.79 Å². The summed E-state index contributed by atoms with van der Waals surface area (Å²) in [5, 5.41) is 26.7. The van der Waals surface area contributed by atoms with E-state index in [-0.39, 0.29) is 41.0 Å². The first-order valence-electron chi connectivity index (χ1n) is 28.3. The molecule has 0 saturated heterocycles. The molecular weight excluding hydrogens is 1800 g/mol. The van der Waals surface area contributed by atoms with Gasteiger partial charge in [0.1, 0.15) is 29.5 Å². The lowest BCUT2D eigenvalue weighted by molar-refractivity contribution is -0.108. The number of sulfonamides is 1. The largest absolute Gasteiger partial charge is 1.00 e. The van der Waals surface area contributed by atoms with E-state index in [9.17, 15) is 18.0 Å². The van der Waals surface area contributed by atoms with Crippen LogP contribution < -0.4 is 33.5 Å². The molecule has 3 aromatic carbocycles. The summed E-state index contributed by atoms with van der Waals surface area (Å²) in [6.45, 7) is 17.7. The second kappa shape index (κ2) is 47.5. The van der Waals surface area contributed by atoms with Gasteiger partial charge in [0.15, 0.2) is 35.6 Å². The van der Waals surface area contributed by atoms with Crippen LogP contribution in [-0.2, 0) is 24.3 Å². The molecule has 4 N–H and O–H groups in total. The molecule has 0 spiro atoms. The number of nitrogens with two attached hydrogens (primary N) is 1. The molecule has 5 unspecified atom stereocenters. The minimum absolute atomic E-state index is 0. The van der Waals surface area contributed by atoms with Gasteiger partial charge < -0.3 is 36.9 Å². The highest BCUT2D eigenvalue weighted by Crippen LogP contribution is 2.55. The maximum Gasteiger partial charge on any atom is 0.265 e. The number of primary sulfonamides is 1. The van der Waals surface area contributed by atoms with Gasteiger partial charge in [0.25, 0.3) is 10.0 Å². The highest BCUT2D eigenvalue weighted by atomic mass is 79.9. The van der Waals surface area contributed by atoms with E-state index in [1.165, 1.54) is 68.1 Å². The number of Topliss-reactive ketones (excluding diaryl/α,β-unsaturated/α-hetero) is 1. The quantitative estimate of drug-likeness (QED) is 0.0313. The summed E-state index contributed by atoms with van der Waals surface area (Å²) in [6.07, 6.45) is 17.2. The zero-order valence-corrected chi connectivity index (χ0v) is 71.2. The fraction of sp³-hybridized carbons (Fsp3) is 0.317. The summed E-state index contributed by atoms with van der Waals surface area (Å²) in [5.74, 6) is 1.25. The van der Waals surface area contributed by atoms with Crippen molar-refractivity contribution in [2.24, 2.45) is 5.14 Å². The number of carbonyl (C=O) groups is 2. The van der Waals surface area contributed by atoms with Crippen LogP contribution in [0.1, 0.15) is 144 Å². The Kier molecular flexibility index (Phi) is 44.2. The number of rotatable bonds is 18. The second-order valence-electron chi connectivity index (χ2n) is 19.7. The van der Waals surface area contributed by atoms with Crippen LogP contribution in [0.15, 0.2) is 168 Å². The maximum atomic E-state index is 10.9. The van der Waals surface area contributed by atoms with Gasteiger partial charge in [-0.15, -0.1) is 79.4 Å². The molecule has 0 amide bonds. The summed E-state index contributed by atoms with van der Waals surface area (Å²) < 4.78 is 37.5. The highest BCUT2D eigenvalue weighted by molar-refractivity contribution is 9.12. The molecule has 16 nitrogen and oxygen atoms in total. The molecule has 7 heterocycles. The molecule has 0 aliphatic carbocycles. The zero-order valence-electron chi connectivity index (χ0n) is 53.5. The summed E-state index contributed by atoms with van der Waals surface area (Å²) in [5.41, 5.74) is 1.09. The van der Waals surface area contributed by atoms with Crippen molar-refractivity contribution in [2.45, 2.75) is 109 Å². The normalized spacial score (nSPS) is 12.4. The molecule has 516 valence electrons. The van der Waals surface area contributed by atoms with E-state index in [0.29, 0.717) is 23.1 Å². The number of carbonyl (C=O) groups excluding carboxylic acids is 2. The zero-order chi connectivity index (χ0) is 70.0. The number of allylic oxidation sites excluding steroid dienone is 1. The monoisotopic (exact) mass is 1870 g/mol. The van der Waals surface area contributed by atoms with Crippen LogP contribution in [0, 0.1) is 0 Å². The molecule has 0 fully saturated rings. The minimum Gasteiger partial charge on any atom is -1.00 e. The first kappa shape index (κ1) is 88.4. The number of benzene rings is 3. The van der Waals surface area contributed by atoms with Crippen molar-refractivity contribution >= 4 is 226 Å². The lowest BCUT2D eigenvalue weighted by atomic mass is 10.1. The number of ether oxygens (including phenoxy) is 2. The predicted octanol–water partition coefficient (Wildman–Crippen LogP) is 16.5. The van der Waals surface area contributed by atoms with Gasteiger partial charge in [-0.1, -0.05) is 96.1 Å². The smallest absolute Gasteiger partial charge is 0.265 e. The van der Waals surface area contributed by atoms with Gasteiger partial charge in [0.2, 0.25) is 4.34 Å². The van der Waals surface area contributed by atoms with Crippen molar-refractivity contribution < 1.29 is 50.1 Å². The number of aromatic nitrogens is 7. The summed E-state index contributed by atoms with van der Waals surface area (Å²) in [4.78, 5) is 55.7. The van der Waals surface area contributed by atoms with Gasteiger partial charge in [-0.05, 0) is 171 Å². The average Bonchev–Trinajstić information content (AvgIpc) is 1.71. The van der Waals surface area contributed by atoms with E-state index in [1.54, 1.807) is 92.4 Å². The lowest BCUT2D eigenvalue weighted by Gasteiger charge is -2.26. The molecule has 0 aliphatic heterocycles. The number of thiazole rings is 7. The Morgan fingerprint density at radius 3 is 1.17 bits per heavy atom. The third-order valence-corrected chi connectivity index (χ3v) is 29.3. The fourth-order valence-electron chi connectivity index (χ4n) is 7.10. The average molecular weight is 1870 g/mol. The van der Waals surface area contributed by atoms with E-state index in [0.717, 1.165) is 77.5 Å². The van der Waals surface area contributed by atoms with E-state index < -0.39 is 23.4 Å². The van der Waals surface area contributed by atoms with Crippen molar-refractivity contribution in [2.75, 3.05) is 27.2 Å².